The van der Waals surface area contributed by atoms with E-state index in [-0.39, 0.29) is 6.54 Å². The Morgan fingerprint density at radius 1 is 2.00 bits per heavy atom. The first-order valence-electron chi connectivity index (χ1n) is 1.46. The summed E-state index contributed by atoms with van der Waals surface area (Å²) < 4.78 is 0. The van der Waals surface area contributed by atoms with Crippen molar-refractivity contribution in [2.75, 3.05) is 6.54 Å². The van der Waals surface area contributed by atoms with Crippen LogP contribution in [0.4, 0.5) is 0 Å². The Morgan fingerprint density at radius 3 is 2.71 bits per heavy atom. The average Bonchev–Trinajstić information content (AvgIpc) is 1.61. The molecule has 5 heteroatoms. The molecule has 7 heavy (non-hydrogen) atoms. The molecule has 0 atom stereocenters. The van der Waals surface area contributed by atoms with Gasteiger partial charge in [0.2, 0.25) is 0 Å². The van der Waals surface area contributed by atoms with Crippen molar-refractivity contribution in [1.82, 2.24) is 0 Å². The highest BCUT2D eigenvalue weighted by Gasteiger charge is 1.70. The van der Waals surface area contributed by atoms with Crippen molar-refractivity contribution in [3.63, 3.8) is 0 Å². The van der Waals surface area contributed by atoms with Gasteiger partial charge in [-0.3, -0.25) is 10.1 Å². The molecule has 0 radical (unpaired) electrons. The van der Waals surface area contributed by atoms with Crippen molar-refractivity contribution >= 4 is 0 Å². The minimum atomic E-state index is -0.886. The Morgan fingerprint density at radius 2 is 2.57 bits per heavy atom. The molecule has 0 aliphatic carbocycles. The minimum absolute atomic E-state index is 0.368. The van der Waals surface area contributed by atoms with Crippen LogP contribution in [0.25, 0.3) is 5.43 Å². The quantitative estimate of drug-likeness (QED) is 0.280. The van der Waals surface area contributed by atoms with E-state index in [0.717, 1.165) is 0 Å². The molecule has 0 saturated heterocycles. The third kappa shape index (κ3) is 4.69. The molecule has 0 unspecified atom stereocenters. The number of rotatable bonds is 2. The summed E-state index contributed by atoms with van der Waals surface area (Å²) in [5.41, 5.74) is 2.60. The molecular formula is C2H2N3O2-. The standard InChI is InChI=1S/C2H2N3O2/c3-1-2-4-5(6)7/h2H2/q-1. The van der Waals surface area contributed by atoms with Gasteiger partial charge in [-0.2, -0.15) is 5.26 Å². The van der Waals surface area contributed by atoms with Gasteiger partial charge in [-0.15, -0.1) is 0 Å². The first-order chi connectivity index (χ1) is 3.27. The number of nitro groups is 1. The van der Waals surface area contributed by atoms with Gasteiger partial charge in [0.05, 0.1) is 0 Å². The summed E-state index contributed by atoms with van der Waals surface area (Å²) in [6.45, 7) is -0.368. The normalized spacial score (nSPS) is 6.71. The maximum atomic E-state index is 9.25. The number of hydrogen-bond donors (Lipinski definition) is 0. The third-order valence-electron chi connectivity index (χ3n) is 0.257. The van der Waals surface area contributed by atoms with Crippen molar-refractivity contribution in [3.05, 3.63) is 15.5 Å². The van der Waals surface area contributed by atoms with Crippen LogP contribution in [0.1, 0.15) is 0 Å². The van der Waals surface area contributed by atoms with E-state index in [1.165, 1.54) is 6.07 Å². The van der Waals surface area contributed by atoms with Gasteiger partial charge < -0.3 is 5.43 Å². The maximum Gasteiger partial charge on any atom is 0.0475 e. The van der Waals surface area contributed by atoms with E-state index in [2.05, 4.69) is 5.43 Å². The van der Waals surface area contributed by atoms with E-state index in [0.29, 0.717) is 0 Å². The minimum Gasteiger partial charge on any atom is -0.364 e. The molecule has 0 spiro atoms. The van der Waals surface area contributed by atoms with Gasteiger partial charge in [0.25, 0.3) is 0 Å². The Kier molecular flexibility index (Phi) is 2.36. The van der Waals surface area contributed by atoms with Gasteiger partial charge in [0.1, 0.15) is 0 Å². The maximum absolute atomic E-state index is 9.25. The second kappa shape index (κ2) is 2.90. The Labute approximate surface area is 39.7 Å². The van der Waals surface area contributed by atoms with E-state index >= 15 is 0 Å². The fourth-order valence-corrected chi connectivity index (χ4v) is 0.0894. The zero-order valence-corrected chi connectivity index (χ0v) is 3.37. The van der Waals surface area contributed by atoms with Gasteiger partial charge in [0.15, 0.2) is 0 Å². The molecule has 0 bridgehead atoms. The summed E-state index contributed by atoms with van der Waals surface area (Å²) >= 11 is 0. The molecule has 0 saturated carbocycles. The first kappa shape index (κ1) is 5.69. The second-order valence-electron chi connectivity index (χ2n) is 0.695. The average molecular weight is 100 g/mol. The lowest BCUT2D eigenvalue weighted by Crippen LogP contribution is -1.89. The summed E-state index contributed by atoms with van der Waals surface area (Å²) in [6, 6.07) is 1.49. The van der Waals surface area contributed by atoms with Crippen LogP contribution < -0.4 is 0 Å². The zero-order chi connectivity index (χ0) is 5.70. The largest absolute Gasteiger partial charge is 0.364 e. The molecule has 0 aliphatic rings. The molecule has 0 aromatic carbocycles. The molecule has 0 fully saturated rings. The Balaban J connectivity index is 3.02. The van der Waals surface area contributed by atoms with Gasteiger partial charge in [-0.1, -0.05) is 0 Å². The van der Waals surface area contributed by atoms with Crippen molar-refractivity contribution in [2.45, 2.75) is 0 Å². The fraction of sp³-hybridized carbons (Fsp3) is 0.500. The second-order valence-corrected chi connectivity index (χ2v) is 0.695. The molecule has 0 rings (SSSR count). The number of hydrogen-bond acceptors (Lipinski definition) is 3. The van der Waals surface area contributed by atoms with E-state index < -0.39 is 5.03 Å². The van der Waals surface area contributed by atoms with E-state index in [1.54, 1.807) is 0 Å². The van der Waals surface area contributed by atoms with Crippen molar-refractivity contribution in [1.29, 1.82) is 5.26 Å². The smallest absolute Gasteiger partial charge is 0.0475 e. The van der Waals surface area contributed by atoms with Crippen molar-refractivity contribution in [3.8, 4) is 6.07 Å². The van der Waals surface area contributed by atoms with Crippen molar-refractivity contribution < 1.29 is 5.03 Å². The van der Waals surface area contributed by atoms with Crippen LogP contribution in [0.2, 0.25) is 0 Å². The van der Waals surface area contributed by atoms with E-state index in [4.69, 9.17) is 5.26 Å². The molecule has 5 nitrogen and oxygen atoms in total. The lowest BCUT2D eigenvalue weighted by molar-refractivity contribution is -0.425. The predicted octanol–water partition coefficient (Wildman–Crippen LogP) is 0.0754. The summed E-state index contributed by atoms with van der Waals surface area (Å²) in [6.07, 6.45) is 0. The monoisotopic (exact) mass is 100 g/mol. The van der Waals surface area contributed by atoms with Gasteiger partial charge >= 0.3 is 0 Å². The van der Waals surface area contributed by atoms with Gasteiger partial charge in [-0.05, 0) is 5.03 Å². The third-order valence-corrected chi connectivity index (χ3v) is 0.257. The van der Waals surface area contributed by atoms with Crippen LogP contribution >= 0.6 is 0 Å². The highest BCUT2D eigenvalue weighted by atomic mass is 16.7. The first-order valence-corrected chi connectivity index (χ1v) is 1.46. The molecule has 0 amide bonds. The topological polar surface area (TPSA) is 81.0 Å². The van der Waals surface area contributed by atoms with Gasteiger partial charge in [0, 0.05) is 12.6 Å². The Hall–Kier alpha value is -1.31. The van der Waals surface area contributed by atoms with Gasteiger partial charge in [-0.25, -0.2) is 0 Å². The highest BCUT2D eigenvalue weighted by molar-refractivity contribution is 4.82. The molecule has 0 N–H and O–H groups in total. The molecule has 0 heterocycles. The summed E-state index contributed by atoms with van der Waals surface area (Å²) in [4.78, 5) is 9.25. The Bertz CT molecular complexity index is 104. The molecule has 0 aliphatic heterocycles. The summed E-state index contributed by atoms with van der Waals surface area (Å²) in [5.74, 6) is 0. The van der Waals surface area contributed by atoms with Crippen LogP contribution in [-0.4, -0.2) is 11.6 Å². The van der Waals surface area contributed by atoms with Crippen LogP contribution in [0.3, 0.4) is 0 Å². The molecule has 38 valence electrons. The van der Waals surface area contributed by atoms with Crippen LogP contribution in [0.5, 0.6) is 0 Å². The number of nitriles is 1. The predicted molar refractivity (Wildman–Crippen MR) is 20.8 cm³/mol. The molecular weight excluding hydrogens is 98.0 g/mol. The van der Waals surface area contributed by atoms with E-state index in [9.17, 15) is 10.1 Å². The molecule has 0 aromatic heterocycles. The SMILES string of the molecule is N#CC[N-][N+](=O)[O-]. The molecule has 0 aromatic rings. The fourth-order valence-electron chi connectivity index (χ4n) is 0.0894. The van der Waals surface area contributed by atoms with Crippen LogP contribution in [0, 0.1) is 21.4 Å². The lowest BCUT2D eigenvalue weighted by atomic mass is 10.8. The van der Waals surface area contributed by atoms with Crippen LogP contribution in [-0.2, 0) is 0 Å². The number of nitrogens with zero attached hydrogens (tertiary/aromatic N) is 3. The lowest BCUT2D eigenvalue weighted by Gasteiger charge is -1.98. The zero-order valence-electron chi connectivity index (χ0n) is 3.37. The van der Waals surface area contributed by atoms with E-state index in [1.807, 2.05) is 0 Å². The summed E-state index contributed by atoms with van der Waals surface area (Å²) in [7, 11) is 0. The summed E-state index contributed by atoms with van der Waals surface area (Å²) in [5, 5.41) is 16.0. The van der Waals surface area contributed by atoms with Crippen molar-refractivity contribution in [2.24, 2.45) is 0 Å². The van der Waals surface area contributed by atoms with Crippen LogP contribution in [0.15, 0.2) is 0 Å². The highest BCUT2D eigenvalue weighted by Crippen LogP contribution is 1.80.